The Kier molecular flexibility index (Phi) is 5.21. The number of ether oxygens (including phenoxy) is 1. The fourth-order valence-corrected chi connectivity index (χ4v) is 4.38. The highest BCUT2D eigenvalue weighted by Crippen LogP contribution is 2.28. The first-order chi connectivity index (χ1) is 15.2. The fourth-order valence-electron chi connectivity index (χ4n) is 3.83. The molecule has 31 heavy (non-hydrogen) atoms. The molecular weight excluding hydrogens is 410 g/mol. The van der Waals surface area contributed by atoms with Crippen LogP contribution in [0.3, 0.4) is 0 Å². The molecule has 1 amide bonds. The maximum atomic E-state index is 11.2. The van der Waals surface area contributed by atoms with Gasteiger partial charge in [-0.05, 0) is 41.8 Å². The SMILES string of the molecule is NC(=O)c1ccc(OC2CCN(c3cc4cc(-c5nncs5)ccc4cn3)CC2)cc1. The highest BCUT2D eigenvalue weighted by molar-refractivity contribution is 7.12. The first kappa shape index (κ1) is 19.4. The molecule has 1 saturated heterocycles. The smallest absolute Gasteiger partial charge is 0.248 e. The van der Waals surface area contributed by atoms with Crippen LogP contribution >= 0.6 is 11.3 Å². The van der Waals surface area contributed by atoms with Gasteiger partial charge in [-0.2, -0.15) is 0 Å². The molecule has 0 radical (unpaired) electrons. The lowest BCUT2D eigenvalue weighted by Crippen LogP contribution is -2.38. The Morgan fingerprint density at radius 1 is 1.06 bits per heavy atom. The molecule has 7 nitrogen and oxygen atoms in total. The second-order valence-electron chi connectivity index (χ2n) is 7.54. The summed E-state index contributed by atoms with van der Waals surface area (Å²) in [5.74, 6) is 1.31. The van der Waals surface area contributed by atoms with Crippen molar-refractivity contribution in [2.24, 2.45) is 5.73 Å². The summed E-state index contributed by atoms with van der Waals surface area (Å²) in [6.45, 7) is 1.75. The van der Waals surface area contributed by atoms with Gasteiger partial charge in [-0.15, -0.1) is 10.2 Å². The Morgan fingerprint density at radius 2 is 1.87 bits per heavy atom. The van der Waals surface area contributed by atoms with Gasteiger partial charge >= 0.3 is 0 Å². The standard InChI is InChI=1S/C23H21N5O2S/c24-22(29)15-3-5-19(6-4-15)30-20-7-9-28(10-8-20)21-12-18-11-16(23-27-26-14-31-23)1-2-17(18)13-25-21/h1-6,11-14,20H,7-10H2,(H2,24,29). The predicted molar refractivity (Wildman–Crippen MR) is 121 cm³/mol. The van der Waals surface area contributed by atoms with Crippen LogP contribution in [0.25, 0.3) is 21.3 Å². The van der Waals surface area contributed by atoms with E-state index in [1.54, 1.807) is 29.8 Å². The summed E-state index contributed by atoms with van der Waals surface area (Å²) < 4.78 is 6.09. The van der Waals surface area contributed by atoms with Crippen molar-refractivity contribution in [3.63, 3.8) is 0 Å². The van der Waals surface area contributed by atoms with Crippen molar-refractivity contribution < 1.29 is 9.53 Å². The first-order valence-electron chi connectivity index (χ1n) is 10.1. The van der Waals surface area contributed by atoms with Crippen LogP contribution in [0.15, 0.2) is 60.2 Å². The number of anilines is 1. The molecule has 1 aliphatic heterocycles. The van der Waals surface area contributed by atoms with E-state index in [9.17, 15) is 4.79 Å². The van der Waals surface area contributed by atoms with Gasteiger partial charge in [0.1, 0.15) is 28.2 Å². The number of nitrogens with zero attached hydrogens (tertiary/aromatic N) is 4. The number of pyridine rings is 1. The van der Waals surface area contributed by atoms with E-state index in [0.717, 1.165) is 58.8 Å². The third kappa shape index (κ3) is 4.20. The quantitative estimate of drug-likeness (QED) is 0.515. The molecule has 156 valence electrons. The topological polar surface area (TPSA) is 94.2 Å². The Morgan fingerprint density at radius 3 is 2.58 bits per heavy atom. The van der Waals surface area contributed by atoms with Crippen molar-refractivity contribution in [3.8, 4) is 16.3 Å². The number of nitrogens with two attached hydrogens (primary N) is 1. The molecular formula is C23H21N5O2S. The van der Waals surface area contributed by atoms with Crippen LogP contribution < -0.4 is 15.4 Å². The average molecular weight is 432 g/mol. The van der Waals surface area contributed by atoms with Gasteiger partial charge in [-0.25, -0.2) is 4.98 Å². The van der Waals surface area contributed by atoms with Gasteiger partial charge in [0.25, 0.3) is 0 Å². The van der Waals surface area contributed by atoms with E-state index in [-0.39, 0.29) is 6.10 Å². The Bertz CT molecular complexity index is 1200. The lowest BCUT2D eigenvalue weighted by molar-refractivity contribution is 0.1000. The molecule has 0 aliphatic carbocycles. The molecule has 1 fully saturated rings. The van der Waals surface area contributed by atoms with Gasteiger partial charge in [-0.1, -0.05) is 23.5 Å². The minimum absolute atomic E-state index is 0.139. The Labute approximate surface area is 183 Å². The molecule has 0 atom stereocenters. The van der Waals surface area contributed by atoms with Crippen LogP contribution in [0.2, 0.25) is 0 Å². The molecule has 0 spiro atoms. The summed E-state index contributed by atoms with van der Waals surface area (Å²) in [7, 11) is 0. The predicted octanol–water partition coefficient (Wildman–Crippen LogP) is 3.90. The van der Waals surface area contributed by atoms with Gasteiger partial charge in [0, 0.05) is 48.6 Å². The zero-order valence-electron chi connectivity index (χ0n) is 16.8. The maximum Gasteiger partial charge on any atom is 0.248 e. The summed E-state index contributed by atoms with van der Waals surface area (Å²) >= 11 is 1.53. The minimum atomic E-state index is -0.432. The molecule has 2 aromatic heterocycles. The number of hydrogen-bond donors (Lipinski definition) is 1. The molecule has 0 saturated carbocycles. The number of carbonyl (C=O) groups is 1. The molecule has 3 heterocycles. The van der Waals surface area contributed by atoms with Gasteiger partial charge < -0.3 is 15.4 Å². The summed E-state index contributed by atoms with van der Waals surface area (Å²) in [6.07, 6.45) is 3.88. The first-order valence-corrected chi connectivity index (χ1v) is 11.0. The zero-order chi connectivity index (χ0) is 21.2. The largest absolute Gasteiger partial charge is 0.490 e. The van der Waals surface area contributed by atoms with E-state index in [4.69, 9.17) is 10.5 Å². The van der Waals surface area contributed by atoms with Crippen LogP contribution in [0, 0.1) is 0 Å². The number of amides is 1. The van der Waals surface area contributed by atoms with Gasteiger partial charge in [-0.3, -0.25) is 4.79 Å². The van der Waals surface area contributed by atoms with Crippen molar-refractivity contribution in [2.45, 2.75) is 18.9 Å². The number of rotatable bonds is 5. The molecule has 5 rings (SSSR count). The summed E-state index contributed by atoms with van der Waals surface area (Å²) in [5.41, 5.74) is 8.59. The Hall–Kier alpha value is -3.52. The third-order valence-corrected chi connectivity index (χ3v) is 6.26. The van der Waals surface area contributed by atoms with Crippen molar-refractivity contribution in [2.75, 3.05) is 18.0 Å². The van der Waals surface area contributed by atoms with E-state index in [0.29, 0.717) is 5.56 Å². The molecule has 2 N–H and O–H groups in total. The van der Waals surface area contributed by atoms with E-state index in [2.05, 4.69) is 44.3 Å². The number of benzene rings is 2. The highest BCUT2D eigenvalue weighted by Gasteiger charge is 2.22. The van der Waals surface area contributed by atoms with Gasteiger partial charge in [0.2, 0.25) is 5.91 Å². The second kappa shape index (κ2) is 8.31. The maximum absolute atomic E-state index is 11.2. The summed E-state index contributed by atoms with van der Waals surface area (Å²) in [5, 5.41) is 11.3. The van der Waals surface area contributed by atoms with Crippen LogP contribution in [-0.4, -0.2) is 40.3 Å². The van der Waals surface area contributed by atoms with Crippen molar-refractivity contribution >= 4 is 33.8 Å². The number of aromatic nitrogens is 3. The lowest BCUT2D eigenvalue weighted by atomic mass is 10.1. The van der Waals surface area contributed by atoms with Crippen LogP contribution in [0.1, 0.15) is 23.2 Å². The van der Waals surface area contributed by atoms with Crippen molar-refractivity contribution in [1.29, 1.82) is 0 Å². The second-order valence-corrected chi connectivity index (χ2v) is 8.37. The molecule has 4 aromatic rings. The lowest BCUT2D eigenvalue weighted by Gasteiger charge is -2.33. The summed E-state index contributed by atoms with van der Waals surface area (Å²) in [6, 6.07) is 15.4. The number of fused-ring (bicyclic) bond motifs is 1. The number of primary amides is 1. The van der Waals surface area contributed by atoms with E-state index in [1.165, 1.54) is 11.3 Å². The van der Waals surface area contributed by atoms with Crippen LogP contribution in [-0.2, 0) is 0 Å². The highest BCUT2D eigenvalue weighted by atomic mass is 32.1. The summed E-state index contributed by atoms with van der Waals surface area (Å²) in [4.78, 5) is 18.2. The Balaban J connectivity index is 1.26. The van der Waals surface area contributed by atoms with Crippen LogP contribution in [0.4, 0.5) is 5.82 Å². The van der Waals surface area contributed by atoms with Crippen LogP contribution in [0.5, 0.6) is 5.75 Å². The number of piperidine rings is 1. The van der Waals surface area contributed by atoms with Crippen molar-refractivity contribution in [1.82, 2.24) is 15.2 Å². The molecule has 1 aliphatic rings. The zero-order valence-corrected chi connectivity index (χ0v) is 17.6. The van der Waals surface area contributed by atoms with E-state index in [1.807, 2.05) is 6.20 Å². The molecule has 0 unspecified atom stereocenters. The average Bonchev–Trinajstić information content (AvgIpc) is 3.34. The van der Waals surface area contributed by atoms with E-state index < -0.39 is 5.91 Å². The van der Waals surface area contributed by atoms with Gasteiger partial charge in [0.05, 0.1) is 0 Å². The number of carbonyl (C=O) groups excluding carboxylic acids is 1. The van der Waals surface area contributed by atoms with Crippen molar-refractivity contribution in [3.05, 3.63) is 65.8 Å². The fraction of sp³-hybridized carbons (Fsp3) is 0.217. The monoisotopic (exact) mass is 431 g/mol. The van der Waals surface area contributed by atoms with E-state index >= 15 is 0 Å². The molecule has 8 heteroatoms. The normalized spacial score (nSPS) is 14.6. The number of hydrogen-bond acceptors (Lipinski definition) is 7. The van der Waals surface area contributed by atoms with Gasteiger partial charge in [0.15, 0.2) is 0 Å². The third-order valence-electron chi connectivity index (χ3n) is 5.52. The minimum Gasteiger partial charge on any atom is -0.490 e. The molecule has 0 bridgehead atoms. The molecule has 2 aromatic carbocycles.